The Bertz CT molecular complexity index is 476. The van der Waals surface area contributed by atoms with Crippen LogP contribution in [-0.2, 0) is 0 Å². The molecule has 0 aliphatic rings. The van der Waals surface area contributed by atoms with Crippen molar-refractivity contribution in [2.24, 2.45) is 0 Å². The summed E-state index contributed by atoms with van der Waals surface area (Å²) in [4.78, 5) is 21.3. The van der Waals surface area contributed by atoms with Gasteiger partial charge in [-0.3, -0.25) is 4.79 Å². The van der Waals surface area contributed by atoms with Crippen LogP contribution in [0.4, 0.5) is 5.69 Å². The van der Waals surface area contributed by atoms with E-state index in [9.17, 15) is 4.79 Å². The lowest BCUT2D eigenvalue weighted by Gasteiger charge is -1.94. The van der Waals surface area contributed by atoms with Gasteiger partial charge in [-0.15, -0.1) is 0 Å². The first-order valence-electron chi connectivity index (χ1n) is 3.36. The lowest BCUT2D eigenvalue weighted by Crippen LogP contribution is -2.08. The molecule has 0 saturated heterocycles. The largest absolute Gasteiger partial charge is 0.397 e. The summed E-state index contributed by atoms with van der Waals surface area (Å²) in [5.74, 6) is 0. The number of aromatic amines is 1. The van der Waals surface area contributed by atoms with Gasteiger partial charge in [0.05, 0.1) is 23.7 Å². The summed E-state index contributed by atoms with van der Waals surface area (Å²) in [6.07, 6.45) is 2.76. The fraction of sp³-hybridized carbons (Fsp3) is 0. The molecule has 2 aromatic heterocycles. The summed E-state index contributed by atoms with van der Waals surface area (Å²) in [6.45, 7) is 0. The van der Waals surface area contributed by atoms with Crippen molar-refractivity contribution < 1.29 is 0 Å². The number of anilines is 1. The average Bonchev–Trinajstić information content (AvgIpc) is 2.04. The highest BCUT2D eigenvalue weighted by molar-refractivity contribution is 5.75. The number of fused-ring (bicyclic) bond motifs is 1. The Labute approximate surface area is 67.3 Å². The molecule has 0 bridgehead atoms. The third-order valence-corrected chi connectivity index (χ3v) is 1.50. The van der Waals surface area contributed by atoms with Crippen LogP contribution in [0.1, 0.15) is 0 Å². The van der Waals surface area contributed by atoms with Crippen LogP contribution >= 0.6 is 0 Å². The van der Waals surface area contributed by atoms with Gasteiger partial charge in [0.1, 0.15) is 0 Å². The Hall–Kier alpha value is -1.91. The van der Waals surface area contributed by atoms with Gasteiger partial charge in [-0.25, -0.2) is 9.97 Å². The Morgan fingerprint density at radius 2 is 2.25 bits per heavy atom. The highest BCUT2D eigenvalue weighted by Crippen LogP contribution is 2.06. The fourth-order valence-electron chi connectivity index (χ4n) is 0.971. The number of pyridine rings is 1. The quantitative estimate of drug-likeness (QED) is 0.566. The van der Waals surface area contributed by atoms with Crippen LogP contribution in [-0.4, -0.2) is 15.0 Å². The Morgan fingerprint density at radius 3 is 3.08 bits per heavy atom. The smallest absolute Gasteiger partial charge is 0.277 e. The van der Waals surface area contributed by atoms with Gasteiger partial charge in [0.15, 0.2) is 5.52 Å². The molecular weight excluding hydrogens is 156 g/mol. The molecule has 60 valence electrons. The van der Waals surface area contributed by atoms with Gasteiger partial charge < -0.3 is 10.7 Å². The number of nitrogens with one attached hydrogen (secondary N) is 1. The molecule has 0 aliphatic heterocycles. The van der Waals surface area contributed by atoms with Crippen molar-refractivity contribution in [2.45, 2.75) is 0 Å². The molecule has 0 radical (unpaired) electrons. The van der Waals surface area contributed by atoms with Crippen LogP contribution in [0.15, 0.2) is 23.4 Å². The van der Waals surface area contributed by atoms with E-state index in [0.29, 0.717) is 16.7 Å². The van der Waals surface area contributed by atoms with E-state index in [2.05, 4.69) is 15.0 Å². The van der Waals surface area contributed by atoms with Gasteiger partial charge in [-0.05, 0) is 6.07 Å². The second-order valence-corrected chi connectivity index (χ2v) is 2.37. The molecule has 2 rings (SSSR count). The molecule has 0 atom stereocenters. The number of hydrogen-bond acceptors (Lipinski definition) is 4. The molecule has 0 aliphatic carbocycles. The van der Waals surface area contributed by atoms with E-state index in [1.165, 1.54) is 12.5 Å². The lowest BCUT2D eigenvalue weighted by atomic mass is 10.3. The van der Waals surface area contributed by atoms with Gasteiger partial charge in [0, 0.05) is 0 Å². The van der Waals surface area contributed by atoms with Crippen molar-refractivity contribution in [3.8, 4) is 0 Å². The topological polar surface area (TPSA) is 84.7 Å². The normalized spacial score (nSPS) is 10.3. The van der Waals surface area contributed by atoms with Crippen LogP contribution in [0.3, 0.4) is 0 Å². The van der Waals surface area contributed by atoms with Crippen LogP contribution in [0.2, 0.25) is 0 Å². The molecule has 0 fully saturated rings. The maximum absolute atomic E-state index is 11.1. The van der Waals surface area contributed by atoms with Crippen molar-refractivity contribution in [3.63, 3.8) is 0 Å². The predicted molar refractivity (Wildman–Crippen MR) is 44.6 cm³/mol. The van der Waals surface area contributed by atoms with Crippen molar-refractivity contribution in [1.29, 1.82) is 0 Å². The number of nitrogens with two attached hydrogens (primary N) is 1. The molecule has 0 aromatic carbocycles. The van der Waals surface area contributed by atoms with E-state index < -0.39 is 0 Å². The molecular formula is C7H6N4O. The van der Waals surface area contributed by atoms with E-state index >= 15 is 0 Å². The maximum Gasteiger partial charge on any atom is 0.277 e. The Morgan fingerprint density at radius 1 is 1.42 bits per heavy atom. The maximum atomic E-state index is 11.1. The molecule has 3 N–H and O–H groups in total. The Kier molecular flexibility index (Phi) is 1.30. The molecule has 12 heavy (non-hydrogen) atoms. The molecule has 0 saturated carbocycles. The highest BCUT2D eigenvalue weighted by atomic mass is 16.1. The Balaban J connectivity index is 2.96. The van der Waals surface area contributed by atoms with Crippen LogP contribution in [0, 0.1) is 0 Å². The monoisotopic (exact) mass is 162 g/mol. The van der Waals surface area contributed by atoms with E-state index in [-0.39, 0.29) is 5.56 Å². The van der Waals surface area contributed by atoms with Gasteiger partial charge in [-0.1, -0.05) is 0 Å². The molecule has 0 amide bonds. The first-order valence-corrected chi connectivity index (χ1v) is 3.36. The van der Waals surface area contributed by atoms with Crippen LogP contribution in [0.25, 0.3) is 11.0 Å². The molecule has 5 nitrogen and oxygen atoms in total. The number of H-pyrrole nitrogens is 1. The predicted octanol–water partition coefficient (Wildman–Crippen LogP) is -0.0997. The summed E-state index contributed by atoms with van der Waals surface area (Å²) in [5.41, 5.74) is 6.53. The SMILES string of the molecule is Nc1cnc2c(=O)[nH]cnc2c1. The lowest BCUT2D eigenvalue weighted by molar-refractivity contribution is 1.15. The second-order valence-electron chi connectivity index (χ2n) is 2.37. The fourth-order valence-corrected chi connectivity index (χ4v) is 0.971. The molecule has 0 unspecified atom stereocenters. The summed E-state index contributed by atoms with van der Waals surface area (Å²) >= 11 is 0. The van der Waals surface area contributed by atoms with Gasteiger partial charge >= 0.3 is 0 Å². The minimum atomic E-state index is -0.250. The van der Waals surface area contributed by atoms with Crippen molar-refractivity contribution in [2.75, 3.05) is 5.73 Å². The molecule has 0 spiro atoms. The first kappa shape index (κ1) is 6.78. The highest BCUT2D eigenvalue weighted by Gasteiger charge is 1.99. The molecule has 2 aromatic rings. The summed E-state index contributed by atoms with van der Waals surface area (Å²) in [6, 6.07) is 1.61. The van der Waals surface area contributed by atoms with E-state index in [1.54, 1.807) is 6.07 Å². The van der Waals surface area contributed by atoms with E-state index in [1.807, 2.05) is 0 Å². The average molecular weight is 162 g/mol. The van der Waals surface area contributed by atoms with Crippen LogP contribution in [0.5, 0.6) is 0 Å². The number of hydrogen-bond donors (Lipinski definition) is 2. The van der Waals surface area contributed by atoms with Crippen molar-refractivity contribution in [1.82, 2.24) is 15.0 Å². The molecule has 2 heterocycles. The van der Waals surface area contributed by atoms with Gasteiger partial charge in [0.25, 0.3) is 5.56 Å². The summed E-state index contributed by atoms with van der Waals surface area (Å²) in [5, 5.41) is 0. The number of rotatable bonds is 0. The second kappa shape index (κ2) is 2.30. The minimum absolute atomic E-state index is 0.250. The zero-order chi connectivity index (χ0) is 8.55. The molecule has 5 heteroatoms. The van der Waals surface area contributed by atoms with E-state index in [4.69, 9.17) is 5.73 Å². The number of aromatic nitrogens is 3. The van der Waals surface area contributed by atoms with Crippen molar-refractivity contribution >= 4 is 16.7 Å². The zero-order valence-corrected chi connectivity index (χ0v) is 6.11. The third-order valence-electron chi connectivity index (χ3n) is 1.50. The van der Waals surface area contributed by atoms with E-state index in [0.717, 1.165) is 0 Å². The number of nitrogen functional groups attached to an aromatic ring is 1. The van der Waals surface area contributed by atoms with Gasteiger partial charge in [0.2, 0.25) is 0 Å². The zero-order valence-electron chi connectivity index (χ0n) is 6.11. The standard InChI is InChI=1S/C7H6N4O/c8-4-1-5-6(9-2-4)7(12)11-3-10-5/h1-3H,8H2,(H,10,11,12). The number of nitrogens with zero attached hydrogens (tertiary/aromatic N) is 2. The van der Waals surface area contributed by atoms with Crippen molar-refractivity contribution in [3.05, 3.63) is 28.9 Å². The van der Waals surface area contributed by atoms with Crippen LogP contribution < -0.4 is 11.3 Å². The third kappa shape index (κ3) is 0.914. The van der Waals surface area contributed by atoms with Gasteiger partial charge in [-0.2, -0.15) is 0 Å². The minimum Gasteiger partial charge on any atom is -0.397 e. The summed E-state index contributed by atoms with van der Waals surface area (Å²) < 4.78 is 0. The summed E-state index contributed by atoms with van der Waals surface area (Å²) in [7, 11) is 0. The first-order chi connectivity index (χ1) is 5.77.